The molecule has 0 bridgehead atoms. The molecule has 2 amide bonds. The van der Waals surface area contributed by atoms with Gasteiger partial charge in [0, 0.05) is 51.9 Å². The Labute approximate surface area is 200 Å². The van der Waals surface area contributed by atoms with E-state index < -0.39 is 0 Å². The molecular weight excluding hydrogens is 428 g/mol. The number of benzene rings is 2. The van der Waals surface area contributed by atoms with Crippen LogP contribution in [0.4, 0.5) is 0 Å². The summed E-state index contributed by atoms with van der Waals surface area (Å²) in [6, 6.07) is 21.5. The summed E-state index contributed by atoms with van der Waals surface area (Å²) in [5, 5.41) is 2.68. The van der Waals surface area contributed by atoms with Gasteiger partial charge in [0.25, 0.3) is 5.91 Å². The van der Waals surface area contributed by atoms with Crippen LogP contribution in [0.5, 0.6) is 5.75 Å². The maximum absolute atomic E-state index is 12.2. The van der Waals surface area contributed by atoms with Crippen molar-refractivity contribution in [3.8, 4) is 5.75 Å². The van der Waals surface area contributed by atoms with Crippen LogP contribution in [0.15, 0.2) is 72.9 Å². The molecule has 1 fully saturated rings. The molecule has 1 unspecified atom stereocenters. The van der Waals surface area contributed by atoms with Crippen molar-refractivity contribution in [3.63, 3.8) is 0 Å². The Balaban J connectivity index is 1.52. The molecule has 176 valence electrons. The lowest BCUT2D eigenvalue weighted by Gasteiger charge is -2.41. The maximum atomic E-state index is 12.2. The van der Waals surface area contributed by atoms with E-state index in [4.69, 9.17) is 4.74 Å². The second kappa shape index (κ2) is 10.9. The van der Waals surface area contributed by atoms with E-state index >= 15 is 0 Å². The van der Waals surface area contributed by atoms with E-state index in [1.54, 1.807) is 26.2 Å². The molecule has 4 rings (SSSR count). The number of hydrogen-bond acceptors (Lipinski definition) is 5. The number of carbonyl (C=O) groups is 2. The van der Waals surface area contributed by atoms with Crippen LogP contribution < -0.4 is 10.1 Å². The third kappa shape index (κ3) is 5.80. The van der Waals surface area contributed by atoms with Gasteiger partial charge < -0.3 is 15.0 Å². The quantitative estimate of drug-likeness (QED) is 0.587. The highest BCUT2D eigenvalue weighted by atomic mass is 16.5. The van der Waals surface area contributed by atoms with Gasteiger partial charge >= 0.3 is 0 Å². The van der Waals surface area contributed by atoms with Crippen LogP contribution in [0.3, 0.4) is 0 Å². The summed E-state index contributed by atoms with van der Waals surface area (Å²) in [4.78, 5) is 32.8. The standard InChI is InChI=1S/C27H30N4O3/c1-20(32)30-13-14-31(26(18-30)22-8-6-9-23(16-22)27(33)28-2)17-21-7-5-11-25(15-21)34-19-24-10-3-4-12-29-24/h3-12,15-16,26H,13-14,17-19H2,1-2H3,(H,28,33). The molecule has 0 spiro atoms. The first-order chi connectivity index (χ1) is 16.5. The van der Waals surface area contributed by atoms with Crippen LogP contribution in [0, 0.1) is 0 Å². The fraction of sp³-hybridized carbons (Fsp3) is 0.296. The summed E-state index contributed by atoms with van der Waals surface area (Å²) in [6.07, 6.45) is 1.76. The maximum Gasteiger partial charge on any atom is 0.251 e. The molecule has 2 aromatic carbocycles. The normalized spacial score (nSPS) is 16.2. The lowest BCUT2D eigenvalue weighted by Crippen LogP contribution is -2.49. The fourth-order valence-corrected chi connectivity index (χ4v) is 4.25. The first-order valence-corrected chi connectivity index (χ1v) is 11.5. The van der Waals surface area contributed by atoms with E-state index in [1.807, 2.05) is 53.4 Å². The molecule has 1 aliphatic heterocycles. The molecule has 1 atom stereocenters. The van der Waals surface area contributed by atoms with Crippen molar-refractivity contribution in [1.82, 2.24) is 20.1 Å². The number of pyridine rings is 1. The molecule has 0 radical (unpaired) electrons. The van der Waals surface area contributed by atoms with E-state index in [0.717, 1.165) is 29.1 Å². The molecular formula is C27H30N4O3. The van der Waals surface area contributed by atoms with Gasteiger partial charge in [-0.2, -0.15) is 0 Å². The number of nitrogens with zero attached hydrogens (tertiary/aromatic N) is 3. The number of rotatable bonds is 7. The van der Waals surface area contributed by atoms with Crippen molar-refractivity contribution in [2.75, 3.05) is 26.7 Å². The number of nitrogens with one attached hydrogen (secondary N) is 1. The SMILES string of the molecule is CNC(=O)c1cccc(C2CN(C(C)=O)CCN2Cc2cccc(OCc3ccccn3)c2)c1. The molecule has 0 saturated carbocycles. The Bertz CT molecular complexity index is 1140. The number of ether oxygens (including phenoxy) is 1. The Morgan fingerprint density at radius 3 is 2.68 bits per heavy atom. The summed E-state index contributed by atoms with van der Waals surface area (Å²) in [5.41, 5.74) is 3.64. The highest BCUT2D eigenvalue weighted by Gasteiger charge is 2.30. The smallest absolute Gasteiger partial charge is 0.251 e. The van der Waals surface area contributed by atoms with Crippen molar-refractivity contribution in [1.29, 1.82) is 0 Å². The first-order valence-electron chi connectivity index (χ1n) is 11.5. The lowest BCUT2D eigenvalue weighted by atomic mass is 9.99. The van der Waals surface area contributed by atoms with Gasteiger partial charge in [0.1, 0.15) is 12.4 Å². The summed E-state index contributed by atoms with van der Waals surface area (Å²) >= 11 is 0. The molecule has 2 heterocycles. The van der Waals surface area contributed by atoms with E-state index in [-0.39, 0.29) is 17.9 Å². The lowest BCUT2D eigenvalue weighted by molar-refractivity contribution is -0.132. The minimum Gasteiger partial charge on any atom is -0.487 e. The van der Waals surface area contributed by atoms with Gasteiger partial charge in [0.05, 0.1) is 11.7 Å². The minimum absolute atomic E-state index is 0.0136. The summed E-state index contributed by atoms with van der Waals surface area (Å²) in [6.45, 7) is 4.74. The highest BCUT2D eigenvalue weighted by Crippen LogP contribution is 2.29. The van der Waals surface area contributed by atoms with Crippen molar-refractivity contribution in [2.24, 2.45) is 0 Å². The van der Waals surface area contributed by atoms with Gasteiger partial charge in [-0.1, -0.05) is 30.3 Å². The Hall–Kier alpha value is -3.71. The average molecular weight is 459 g/mol. The number of carbonyl (C=O) groups excluding carboxylic acids is 2. The minimum atomic E-state index is -0.120. The Kier molecular flexibility index (Phi) is 7.54. The van der Waals surface area contributed by atoms with Gasteiger partial charge in [0.2, 0.25) is 5.91 Å². The van der Waals surface area contributed by atoms with Gasteiger partial charge in [-0.05, 0) is 47.5 Å². The molecule has 1 saturated heterocycles. The zero-order chi connectivity index (χ0) is 23.9. The van der Waals surface area contributed by atoms with Crippen LogP contribution in [0.2, 0.25) is 0 Å². The van der Waals surface area contributed by atoms with Crippen LogP contribution in [-0.4, -0.2) is 53.3 Å². The molecule has 7 nitrogen and oxygen atoms in total. The van der Waals surface area contributed by atoms with E-state index in [0.29, 0.717) is 31.8 Å². The second-order valence-corrected chi connectivity index (χ2v) is 8.41. The van der Waals surface area contributed by atoms with Crippen LogP contribution >= 0.6 is 0 Å². The van der Waals surface area contributed by atoms with Crippen molar-refractivity contribution in [3.05, 3.63) is 95.3 Å². The molecule has 1 aromatic heterocycles. The van der Waals surface area contributed by atoms with Crippen molar-refractivity contribution >= 4 is 11.8 Å². The molecule has 3 aromatic rings. The number of hydrogen-bond donors (Lipinski definition) is 1. The van der Waals surface area contributed by atoms with Crippen LogP contribution in [0.1, 0.15) is 40.1 Å². The fourth-order valence-electron chi connectivity index (χ4n) is 4.25. The molecule has 7 heteroatoms. The van der Waals surface area contributed by atoms with Crippen molar-refractivity contribution in [2.45, 2.75) is 26.1 Å². The molecule has 1 aliphatic rings. The van der Waals surface area contributed by atoms with E-state index in [1.165, 1.54) is 0 Å². The largest absolute Gasteiger partial charge is 0.487 e. The van der Waals surface area contributed by atoms with E-state index in [2.05, 4.69) is 27.3 Å². The predicted octanol–water partition coefficient (Wildman–Crippen LogP) is 3.43. The molecule has 1 N–H and O–H groups in total. The van der Waals surface area contributed by atoms with E-state index in [9.17, 15) is 9.59 Å². The zero-order valence-electron chi connectivity index (χ0n) is 19.6. The highest BCUT2D eigenvalue weighted by molar-refractivity contribution is 5.94. The van der Waals surface area contributed by atoms with Crippen molar-refractivity contribution < 1.29 is 14.3 Å². The van der Waals surface area contributed by atoms with Gasteiger partial charge in [-0.3, -0.25) is 19.5 Å². The Morgan fingerprint density at radius 2 is 1.91 bits per heavy atom. The van der Waals surface area contributed by atoms with Crippen LogP contribution in [-0.2, 0) is 17.9 Å². The third-order valence-electron chi connectivity index (χ3n) is 6.09. The van der Waals surface area contributed by atoms with Gasteiger partial charge in [-0.15, -0.1) is 0 Å². The second-order valence-electron chi connectivity index (χ2n) is 8.41. The number of piperazine rings is 1. The summed E-state index contributed by atoms with van der Waals surface area (Å²) in [7, 11) is 1.63. The van der Waals surface area contributed by atoms with Gasteiger partial charge in [0.15, 0.2) is 0 Å². The predicted molar refractivity (Wildman–Crippen MR) is 130 cm³/mol. The Morgan fingerprint density at radius 1 is 1.06 bits per heavy atom. The van der Waals surface area contributed by atoms with Gasteiger partial charge in [-0.25, -0.2) is 0 Å². The monoisotopic (exact) mass is 458 g/mol. The average Bonchev–Trinajstić information content (AvgIpc) is 2.88. The molecule has 0 aliphatic carbocycles. The summed E-state index contributed by atoms with van der Waals surface area (Å²) < 4.78 is 5.96. The number of amides is 2. The summed E-state index contributed by atoms with van der Waals surface area (Å²) in [5.74, 6) is 0.742. The van der Waals surface area contributed by atoms with Crippen LogP contribution in [0.25, 0.3) is 0 Å². The number of aromatic nitrogens is 1. The first kappa shape index (κ1) is 23.4. The third-order valence-corrected chi connectivity index (χ3v) is 6.09. The topological polar surface area (TPSA) is 74.8 Å². The molecule has 34 heavy (non-hydrogen) atoms. The zero-order valence-corrected chi connectivity index (χ0v) is 19.6.